The van der Waals surface area contributed by atoms with Gasteiger partial charge in [0.2, 0.25) is 5.88 Å². The van der Waals surface area contributed by atoms with Crippen molar-refractivity contribution in [1.29, 1.82) is 0 Å². The van der Waals surface area contributed by atoms with Gasteiger partial charge >= 0.3 is 0 Å². The molecular weight excluding hydrogens is 270 g/mol. The van der Waals surface area contributed by atoms with E-state index in [1.807, 2.05) is 66.7 Å². The third-order valence-electron chi connectivity index (χ3n) is 3.33. The monoisotopic (exact) mass is 285 g/mol. The number of benzene rings is 2. The molecular formula is C20H15NO. The van der Waals surface area contributed by atoms with Gasteiger partial charge in [-0.05, 0) is 29.3 Å². The molecule has 0 saturated heterocycles. The molecule has 0 saturated carbocycles. The predicted octanol–water partition coefficient (Wildman–Crippen LogP) is 4.31. The average Bonchev–Trinajstić information content (AvgIpc) is 2.61. The summed E-state index contributed by atoms with van der Waals surface area (Å²) < 4.78 is 5.68. The van der Waals surface area contributed by atoms with Crippen LogP contribution in [0, 0.1) is 12.3 Å². The van der Waals surface area contributed by atoms with Gasteiger partial charge in [0.25, 0.3) is 0 Å². The molecule has 0 spiro atoms. The highest BCUT2D eigenvalue weighted by Gasteiger charge is 2.01. The van der Waals surface area contributed by atoms with Crippen molar-refractivity contribution in [3.63, 3.8) is 0 Å². The fourth-order valence-electron chi connectivity index (χ4n) is 2.16. The highest BCUT2D eigenvalue weighted by molar-refractivity contribution is 5.64. The summed E-state index contributed by atoms with van der Waals surface area (Å²) in [5, 5.41) is 0. The van der Waals surface area contributed by atoms with Crippen molar-refractivity contribution in [3.8, 4) is 29.4 Å². The normalized spacial score (nSPS) is 9.95. The summed E-state index contributed by atoms with van der Waals surface area (Å²) in [5.41, 5.74) is 4.05. The van der Waals surface area contributed by atoms with Gasteiger partial charge in [-0.25, -0.2) is 4.98 Å². The largest absolute Gasteiger partial charge is 0.473 e. The summed E-state index contributed by atoms with van der Waals surface area (Å²) in [6, 6.07) is 21.7. The minimum absolute atomic E-state index is 0.514. The molecule has 1 heterocycles. The van der Waals surface area contributed by atoms with Crippen LogP contribution in [0.1, 0.15) is 11.1 Å². The van der Waals surface area contributed by atoms with Crippen LogP contribution in [0.5, 0.6) is 5.88 Å². The van der Waals surface area contributed by atoms with Crippen LogP contribution in [-0.2, 0) is 6.61 Å². The minimum atomic E-state index is 0.514. The molecule has 0 amide bonds. The topological polar surface area (TPSA) is 22.1 Å². The predicted molar refractivity (Wildman–Crippen MR) is 88.4 cm³/mol. The zero-order chi connectivity index (χ0) is 15.2. The second kappa shape index (κ2) is 6.60. The smallest absolute Gasteiger partial charge is 0.213 e. The van der Waals surface area contributed by atoms with Gasteiger partial charge in [0.1, 0.15) is 6.61 Å². The molecule has 0 radical (unpaired) electrons. The molecule has 0 N–H and O–H groups in total. The van der Waals surface area contributed by atoms with E-state index in [0.717, 1.165) is 22.3 Å². The molecule has 0 aliphatic heterocycles. The summed E-state index contributed by atoms with van der Waals surface area (Å²) in [6.45, 7) is 0.514. The van der Waals surface area contributed by atoms with E-state index < -0.39 is 0 Å². The van der Waals surface area contributed by atoms with Crippen molar-refractivity contribution in [1.82, 2.24) is 4.98 Å². The van der Waals surface area contributed by atoms with Crippen molar-refractivity contribution >= 4 is 0 Å². The zero-order valence-corrected chi connectivity index (χ0v) is 12.1. The van der Waals surface area contributed by atoms with E-state index in [-0.39, 0.29) is 0 Å². The molecule has 0 fully saturated rings. The maximum Gasteiger partial charge on any atom is 0.213 e. The standard InChI is InChI=1S/C20H15NO/c1-2-16-9-6-10-18(13-16)19-11-12-20(21-14-19)22-15-17-7-4-3-5-8-17/h1,3-14H,15H2. The Hall–Kier alpha value is -3.05. The molecule has 0 aliphatic rings. The minimum Gasteiger partial charge on any atom is -0.473 e. The van der Waals surface area contributed by atoms with Crippen LogP contribution in [0.4, 0.5) is 0 Å². The van der Waals surface area contributed by atoms with E-state index in [1.165, 1.54) is 0 Å². The number of hydrogen-bond acceptors (Lipinski definition) is 2. The Morgan fingerprint density at radius 1 is 0.909 bits per heavy atom. The quantitative estimate of drug-likeness (QED) is 0.666. The molecule has 3 rings (SSSR count). The SMILES string of the molecule is C#Cc1cccc(-c2ccc(OCc3ccccc3)nc2)c1. The van der Waals surface area contributed by atoms with Gasteiger partial charge in [-0.2, -0.15) is 0 Å². The van der Waals surface area contributed by atoms with Gasteiger partial charge in [0.15, 0.2) is 0 Å². The second-order valence-electron chi connectivity index (χ2n) is 4.88. The Kier molecular flexibility index (Phi) is 4.17. The zero-order valence-electron chi connectivity index (χ0n) is 12.1. The van der Waals surface area contributed by atoms with Crippen LogP contribution in [0.2, 0.25) is 0 Å². The van der Waals surface area contributed by atoms with E-state index in [4.69, 9.17) is 11.2 Å². The lowest BCUT2D eigenvalue weighted by molar-refractivity contribution is 0.294. The lowest BCUT2D eigenvalue weighted by Gasteiger charge is -2.07. The molecule has 2 aromatic carbocycles. The first-order valence-electron chi connectivity index (χ1n) is 7.05. The number of aromatic nitrogens is 1. The summed E-state index contributed by atoms with van der Waals surface area (Å²) >= 11 is 0. The van der Waals surface area contributed by atoms with Crippen LogP contribution in [-0.4, -0.2) is 4.98 Å². The molecule has 0 atom stereocenters. The first kappa shape index (κ1) is 13.9. The van der Waals surface area contributed by atoms with Gasteiger partial charge in [-0.3, -0.25) is 0 Å². The van der Waals surface area contributed by atoms with Crippen LogP contribution >= 0.6 is 0 Å². The Labute approximate surface area is 130 Å². The molecule has 2 nitrogen and oxygen atoms in total. The molecule has 3 aromatic rings. The summed E-state index contributed by atoms with van der Waals surface area (Å²) in [7, 11) is 0. The molecule has 0 unspecified atom stereocenters. The van der Waals surface area contributed by atoms with Crippen molar-refractivity contribution < 1.29 is 4.74 Å². The Balaban J connectivity index is 1.71. The number of hydrogen-bond donors (Lipinski definition) is 0. The Morgan fingerprint density at radius 3 is 2.50 bits per heavy atom. The van der Waals surface area contributed by atoms with Crippen LogP contribution < -0.4 is 4.74 Å². The van der Waals surface area contributed by atoms with E-state index in [2.05, 4.69) is 10.9 Å². The third kappa shape index (κ3) is 3.34. The highest BCUT2D eigenvalue weighted by Crippen LogP contribution is 2.21. The van der Waals surface area contributed by atoms with Gasteiger partial charge < -0.3 is 4.74 Å². The summed E-state index contributed by atoms with van der Waals surface area (Å²) in [4.78, 5) is 4.35. The van der Waals surface area contributed by atoms with E-state index in [9.17, 15) is 0 Å². The number of pyridine rings is 1. The van der Waals surface area contributed by atoms with Gasteiger partial charge in [0, 0.05) is 23.4 Å². The second-order valence-corrected chi connectivity index (χ2v) is 4.88. The van der Waals surface area contributed by atoms with Crippen molar-refractivity contribution in [2.24, 2.45) is 0 Å². The lowest BCUT2D eigenvalue weighted by atomic mass is 10.1. The average molecular weight is 285 g/mol. The van der Waals surface area contributed by atoms with Gasteiger partial charge in [-0.15, -0.1) is 6.42 Å². The maximum atomic E-state index is 5.68. The molecule has 106 valence electrons. The first-order valence-corrected chi connectivity index (χ1v) is 7.05. The van der Waals surface area contributed by atoms with Crippen molar-refractivity contribution in [2.75, 3.05) is 0 Å². The van der Waals surface area contributed by atoms with Crippen LogP contribution in [0.3, 0.4) is 0 Å². The lowest BCUT2D eigenvalue weighted by Crippen LogP contribution is -1.96. The fourth-order valence-corrected chi connectivity index (χ4v) is 2.16. The summed E-state index contributed by atoms with van der Waals surface area (Å²) in [6.07, 6.45) is 7.23. The molecule has 0 aliphatic carbocycles. The van der Waals surface area contributed by atoms with Crippen LogP contribution in [0.25, 0.3) is 11.1 Å². The number of ether oxygens (including phenoxy) is 1. The van der Waals surface area contributed by atoms with E-state index in [0.29, 0.717) is 12.5 Å². The molecule has 1 aromatic heterocycles. The van der Waals surface area contributed by atoms with Crippen molar-refractivity contribution in [3.05, 3.63) is 84.1 Å². The summed E-state index contributed by atoms with van der Waals surface area (Å²) in [5.74, 6) is 3.25. The number of terminal acetylenes is 1. The molecule has 22 heavy (non-hydrogen) atoms. The van der Waals surface area contributed by atoms with E-state index in [1.54, 1.807) is 6.20 Å². The Morgan fingerprint density at radius 2 is 1.77 bits per heavy atom. The first-order chi connectivity index (χ1) is 10.8. The number of nitrogens with zero attached hydrogens (tertiary/aromatic N) is 1. The number of rotatable bonds is 4. The van der Waals surface area contributed by atoms with Gasteiger partial charge in [0.05, 0.1) is 0 Å². The third-order valence-corrected chi connectivity index (χ3v) is 3.33. The van der Waals surface area contributed by atoms with Gasteiger partial charge in [-0.1, -0.05) is 48.4 Å². The molecule has 2 heteroatoms. The van der Waals surface area contributed by atoms with Crippen LogP contribution in [0.15, 0.2) is 72.9 Å². The van der Waals surface area contributed by atoms with E-state index >= 15 is 0 Å². The van der Waals surface area contributed by atoms with Crippen molar-refractivity contribution in [2.45, 2.75) is 6.61 Å². The fraction of sp³-hybridized carbons (Fsp3) is 0.0500. The molecule has 0 bridgehead atoms. The highest BCUT2D eigenvalue weighted by atomic mass is 16.5. The Bertz CT molecular complexity index is 786. The maximum absolute atomic E-state index is 5.68.